The zero-order chi connectivity index (χ0) is 9.68. The molecule has 1 heterocycles. The van der Waals surface area contributed by atoms with Gasteiger partial charge in [-0.1, -0.05) is 0 Å². The van der Waals surface area contributed by atoms with Crippen LogP contribution in [0.5, 0.6) is 5.75 Å². The maximum absolute atomic E-state index is 5.43. The van der Waals surface area contributed by atoms with E-state index in [0.717, 1.165) is 11.4 Å². The fraction of sp³-hybridized carbons (Fsp3) is 0.500. The van der Waals surface area contributed by atoms with Crippen molar-refractivity contribution < 1.29 is 4.74 Å². The molecule has 2 N–H and O–H groups in total. The van der Waals surface area contributed by atoms with Crippen LogP contribution >= 0.6 is 11.8 Å². The zero-order valence-electron chi connectivity index (χ0n) is 7.78. The van der Waals surface area contributed by atoms with Crippen molar-refractivity contribution in [1.29, 1.82) is 0 Å². The fourth-order valence-corrected chi connectivity index (χ4v) is 1.10. The largest absolute Gasteiger partial charge is 0.489 e. The summed E-state index contributed by atoms with van der Waals surface area (Å²) in [5, 5.41) is 0. The topological polar surface area (TPSA) is 61.0 Å². The summed E-state index contributed by atoms with van der Waals surface area (Å²) in [6, 6.07) is 0. The van der Waals surface area contributed by atoms with E-state index in [1.807, 2.05) is 13.2 Å². The van der Waals surface area contributed by atoms with Gasteiger partial charge in [-0.2, -0.15) is 11.8 Å². The summed E-state index contributed by atoms with van der Waals surface area (Å²) >= 11 is 1.74. The second kappa shape index (κ2) is 4.91. The molecule has 0 atom stereocenters. The molecule has 0 aliphatic heterocycles. The molecule has 0 aromatic carbocycles. The third kappa shape index (κ3) is 3.10. The summed E-state index contributed by atoms with van der Waals surface area (Å²) in [5.74, 6) is 1.96. The van der Waals surface area contributed by atoms with Gasteiger partial charge >= 0.3 is 0 Å². The lowest BCUT2D eigenvalue weighted by molar-refractivity contribution is 0.338. The minimum Gasteiger partial charge on any atom is -0.489 e. The van der Waals surface area contributed by atoms with Crippen LogP contribution in [0.25, 0.3) is 0 Å². The summed E-state index contributed by atoms with van der Waals surface area (Å²) in [6.45, 7) is 2.53. The number of nitrogen functional groups attached to an aromatic ring is 1. The van der Waals surface area contributed by atoms with Crippen molar-refractivity contribution in [3.05, 3.63) is 11.9 Å². The number of hydrogen-bond acceptors (Lipinski definition) is 5. The average molecular weight is 199 g/mol. The quantitative estimate of drug-likeness (QED) is 0.736. The van der Waals surface area contributed by atoms with Crippen LogP contribution in [0.3, 0.4) is 0 Å². The van der Waals surface area contributed by atoms with Crippen molar-refractivity contribution in [2.75, 3.05) is 24.3 Å². The maximum atomic E-state index is 5.43. The summed E-state index contributed by atoms with van der Waals surface area (Å²) < 4.78 is 5.43. The number of aromatic nitrogens is 2. The van der Waals surface area contributed by atoms with Crippen molar-refractivity contribution in [2.24, 2.45) is 0 Å². The predicted octanol–water partition coefficient (Wildman–Crippen LogP) is 1.11. The molecule has 0 aliphatic carbocycles. The Morgan fingerprint density at radius 3 is 3.00 bits per heavy atom. The molecule has 0 bridgehead atoms. The van der Waals surface area contributed by atoms with Gasteiger partial charge in [-0.05, 0) is 13.2 Å². The molecule has 0 saturated carbocycles. The summed E-state index contributed by atoms with van der Waals surface area (Å²) in [4.78, 5) is 7.84. The van der Waals surface area contributed by atoms with Gasteiger partial charge in [-0.25, -0.2) is 9.97 Å². The molecule has 5 heteroatoms. The molecule has 0 radical (unpaired) electrons. The third-order valence-electron chi connectivity index (χ3n) is 1.50. The molecule has 0 saturated heterocycles. The molecule has 0 amide bonds. The van der Waals surface area contributed by atoms with Crippen LogP contribution in [0.1, 0.15) is 5.69 Å². The van der Waals surface area contributed by atoms with E-state index in [1.54, 1.807) is 18.0 Å². The van der Waals surface area contributed by atoms with Crippen LogP contribution in [0.15, 0.2) is 6.20 Å². The Kier molecular flexibility index (Phi) is 3.82. The SMILES string of the molecule is CSCCOc1cnc(N)nc1C. The van der Waals surface area contributed by atoms with Gasteiger partial charge in [0.25, 0.3) is 0 Å². The Morgan fingerprint density at radius 2 is 2.38 bits per heavy atom. The maximum Gasteiger partial charge on any atom is 0.220 e. The smallest absolute Gasteiger partial charge is 0.220 e. The lowest BCUT2D eigenvalue weighted by atomic mass is 10.4. The van der Waals surface area contributed by atoms with Gasteiger partial charge in [-0.15, -0.1) is 0 Å². The zero-order valence-corrected chi connectivity index (χ0v) is 8.60. The lowest BCUT2D eigenvalue weighted by Gasteiger charge is -2.06. The Morgan fingerprint density at radius 1 is 1.62 bits per heavy atom. The van der Waals surface area contributed by atoms with Gasteiger partial charge in [-0.3, -0.25) is 0 Å². The first-order valence-electron chi connectivity index (χ1n) is 3.95. The van der Waals surface area contributed by atoms with E-state index in [9.17, 15) is 0 Å². The molecular weight excluding hydrogens is 186 g/mol. The van der Waals surface area contributed by atoms with Gasteiger partial charge in [0.2, 0.25) is 5.95 Å². The first-order valence-corrected chi connectivity index (χ1v) is 5.34. The first kappa shape index (κ1) is 10.1. The summed E-state index contributed by atoms with van der Waals surface area (Å²) in [6.07, 6.45) is 3.65. The van der Waals surface area contributed by atoms with E-state index in [4.69, 9.17) is 10.5 Å². The molecule has 0 unspecified atom stereocenters. The van der Waals surface area contributed by atoms with Crippen molar-refractivity contribution in [2.45, 2.75) is 6.92 Å². The second-order valence-corrected chi connectivity index (χ2v) is 3.50. The molecule has 0 spiro atoms. The predicted molar refractivity (Wildman–Crippen MR) is 55.1 cm³/mol. The standard InChI is InChI=1S/C8H13N3OS/c1-6-7(12-3-4-13-2)5-10-8(9)11-6/h5H,3-4H2,1-2H3,(H2,9,10,11). The number of ether oxygens (including phenoxy) is 1. The minimum atomic E-state index is 0.287. The number of thioether (sulfide) groups is 1. The molecule has 4 nitrogen and oxygen atoms in total. The lowest BCUT2D eigenvalue weighted by Crippen LogP contribution is -2.04. The van der Waals surface area contributed by atoms with Crippen LogP contribution in [0, 0.1) is 6.92 Å². The number of hydrogen-bond donors (Lipinski definition) is 1. The van der Waals surface area contributed by atoms with Crippen LogP contribution in [0.4, 0.5) is 5.95 Å². The molecule has 0 aliphatic rings. The van der Waals surface area contributed by atoms with E-state index in [-0.39, 0.29) is 5.95 Å². The van der Waals surface area contributed by atoms with Crippen LogP contribution < -0.4 is 10.5 Å². The van der Waals surface area contributed by atoms with Crippen molar-refractivity contribution in [1.82, 2.24) is 9.97 Å². The number of nitrogens with two attached hydrogens (primary N) is 1. The number of nitrogens with zero attached hydrogens (tertiary/aromatic N) is 2. The van der Waals surface area contributed by atoms with Crippen LogP contribution in [-0.2, 0) is 0 Å². The third-order valence-corrected chi connectivity index (χ3v) is 2.07. The molecule has 13 heavy (non-hydrogen) atoms. The normalized spacial score (nSPS) is 10.0. The highest BCUT2D eigenvalue weighted by Crippen LogP contribution is 2.14. The van der Waals surface area contributed by atoms with Gasteiger partial charge in [0.1, 0.15) is 0 Å². The molecular formula is C8H13N3OS. The monoisotopic (exact) mass is 199 g/mol. The molecule has 1 aromatic rings. The molecule has 1 aromatic heterocycles. The molecule has 0 fully saturated rings. The highest BCUT2D eigenvalue weighted by Gasteiger charge is 2.01. The highest BCUT2D eigenvalue weighted by atomic mass is 32.2. The number of anilines is 1. The number of aryl methyl sites for hydroxylation is 1. The molecule has 72 valence electrons. The Bertz CT molecular complexity index is 280. The van der Waals surface area contributed by atoms with Gasteiger partial charge in [0.05, 0.1) is 18.5 Å². The minimum absolute atomic E-state index is 0.287. The van der Waals surface area contributed by atoms with E-state index in [2.05, 4.69) is 9.97 Å². The van der Waals surface area contributed by atoms with Crippen molar-refractivity contribution in [3.8, 4) is 5.75 Å². The van der Waals surface area contributed by atoms with E-state index < -0.39 is 0 Å². The van der Waals surface area contributed by atoms with Gasteiger partial charge in [0.15, 0.2) is 5.75 Å². The first-order chi connectivity index (χ1) is 6.24. The van der Waals surface area contributed by atoms with Gasteiger partial charge in [0, 0.05) is 5.75 Å². The highest BCUT2D eigenvalue weighted by molar-refractivity contribution is 7.98. The fourth-order valence-electron chi connectivity index (χ4n) is 0.851. The number of rotatable bonds is 4. The van der Waals surface area contributed by atoms with E-state index >= 15 is 0 Å². The Balaban J connectivity index is 2.56. The van der Waals surface area contributed by atoms with E-state index in [0.29, 0.717) is 12.4 Å². The van der Waals surface area contributed by atoms with Crippen LogP contribution in [-0.4, -0.2) is 28.6 Å². The molecule has 1 rings (SSSR count). The average Bonchev–Trinajstić information content (AvgIpc) is 2.09. The van der Waals surface area contributed by atoms with Gasteiger partial charge < -0.3 is 10.5 Å². The summed E-state index contributed by atoms with van der Waals surface area (Å²) in [5.41, 5.74) is 6.19. The van der Waals surface area contributed by atoms with E-state index in [1.165, 1.54) is 0 Å². The summed E-state index contributed by atoms with van der Waals surface area (Å²) in [7, 11) is 0. The van der Waals surface area contributed by atoms with Crippen molar-refractivity contribution >= 4 is 17.7 Å². The second-order valence-electron chi connectivity index (χ2n) is 2.52. The Hall–Kier alpha value is -0.970. The Labute approximate surface area is 81.9 Å². The van der Waals surface area contributed by atoms with Crippen molar-refractivity contribution in [3.63, 3.8) is 0 Å². The van der Waals surface area contributed by atoms with Crippen LogP contribution in [0.2, 0.25) is 0 Å².